The summed E-state index contributed by atoms with van der Waals surface area (Å²) in [5, 5.41) is 3.97. The first-order valence-electron chi connectivity index (χ1n) is 8.14. The number of benzene rings is 1. The SMILES string of the molecule is COc1ccc(OC)c(-c2cc(C(=O)N3CCCC[C@H]3C)no2)c1. The third kappa shape index (κ3) is 3.09. The van der Waals surface area contributed by atoms with Crippen LogP contribution in [0.2, 0.25) is 0 Å². The average Bonchev–Trinajstić information content (AvgIpc) is 3.11. The molecule has 0 unspecified atom stereocenters. The van der Waals surface area contributed by atoms with Gasteiger partial charge in [0.05, 0.1) is 19.8 Å². The Morgan fingerprint density at radius 1 is 1.25 bits per heavy atom. The van der Waals surface area contributed by atoms with E-state index in [1.54, 1.807) is 38.5 Å². The Morgan fingerprint density at radius 2 is 2.08 bits per heavy atom. The van der Waals surface area contributed by atoms with Crippen LogP contribution in [0, 0.1) is 0 Å². The molecular weight excluding hydrogens is 308 g/mol. The van der Waals surface area contributed by atoms with Crippen LogP contribution in [0.25, 0.3) is 11.3 Å². The molecule has 0 aliphatic carbocycles. The summed E-state index contributed by atoms with van der Waals surface area (Å²) < 4.78 is 16.0. The number of piperidine rings is 1. The van der Waals surface area contributed by atoms with Crippen LogP contribution in [-0.4, -0.2) is 42.8 Å². The lowest BCUT2D eigenvalue weighted by Gasteiger charge is -2.32. The van der Waals surface area contributed by atoms with Crippen molar-refractivity contribution >= 4 is 5.91 Å². The summed E-state index contributed by atoms with van der Waals surface area (Å²) in [5.41, 5.74) is 1.03. The Bertz CT molecular complexity index is 726. The average molecular weight is 330 g/mol. The van der Waals surface area contributed by atoms with Gasteiger partial charge >= 0.3 is 0 Å². The Kier molecular flexibility index (Phi) is 4.74. The first-order chi connectivity index (χ1) is 11.6. The highest BCUT2D eigenvalue weighted by Gasteiger charge is 2.27. The minimum absolute atomic E-state index is 0.0842. The Morgan fingerprint density at radius 3 is 2.79 bits per heavy atom. The van der Waals surface area contributed by atoms with Crippen molar-refractivity contribution in [2.24, 2.45) is 0 Å². The van der Waals surface area contributed by atoms with Crippen molar-refractivity contribution in [3.63, 3.8) is 0 Å². The van der Waals surface area contributed by atoms with E-state index < -0.39 is 0 Å². The molecule has 1 aromatic heterocycles. The zero-order valence-electron chi connectivity index (χ0n) is 14.2. The van der Waals surface area contributed by atoms with Crippen molar-refractivity contribution in [1.82, 2.24) is 10.1 Å². The van der Waals surface area contributed by atoms with Crippen LogP contribution in [0.15, 0.2) is 28.8 Å². The minimum Gasteiger partial charge on any atom is -0.497 e. The molecule has 2 heterocycles. The Labute approximate surface area is 141 Å². The second kappa shape index (κ2) is 6.95. The van der Waals surface area contributed by atoms with Crippen LogP contribution in [0.3, 0.4) is 0 Å². The number of rotatable bonds is 4. The molecule has 1 fully saturated rings. The number of hydrogen-bond donors (Lipinski definition) is 0. The van der Waals surface area contributed by atoms with E-state index in [4.69, 9.17) is 14.0 Å². The number of amides is 1. The maximum absolute atomic E-state index is 12.7. The fraction of sp³-hybridized carbons (Fsp3) is 0.444. The van der Waals surface area contributed by atoms with E-state index >= 15 is 0 Å². The zero-order chi connectivity index (χ0) is 17.1. The molecule has 128 valence electrons. The molecule has 0 bridgehead atoms. The van der Waals surface area contributed by atoms with E-state index in [0.29, 0.717) is 28.5 Å². The van der Waals surface area contributed by atoms with Crippen molar-refractivity contribution < 1.29 is 18.8 Å². The van der Waals surface area contributed by atoms with Crippen LogP contribution < -0.4 is 9.47 Å². The number of methoxy groups -OCH3 is 2. The fourth-order valence-electron chi connectivity index (χ4n) is 3.06. The minimum atomic E-state index is -0.0842. The molecule has 0 radical (unpaired) electrons. The van der Waals surface area contributed by atoms with Gasteiger partial charge in [-0.25, -0.2) is 0 Å². The van der Waals surface area contributed by atoms with Crippen molar-refractivity contribution in [2.75, 3.05) is 20.8 Å². The molecule has 1 aliphatic rings. The second-order valence-corrected chi connectivity index (χ2v) is 5.99. The topological polar surface area (TPSA) is 64.8 Å². The van der Waals surface area contributed by atoms with Gasteiger partial charge < -0.3 is 18.9 Å². The van der Waals surface area contributed by atoms with E-state index in [1.165, 1.54) is 0 Å². The van der Waals surface area contributed by atoms with Gasteiger partial charge in [-0.05, 0) is 44.4 Å². The lowest BCUT2D eigenvalue weighted by Crippen LogP contribution is -2.42. The highest BCUT2D eigenvalue weighted by Crippen LogP contribution is 2.34. The highest BCUT2D eigenvalue weighted by atomic mass is 16.5. The number of aromatic nitrogens is 1. The number of ether oxygens (including phenoxy) is 2. The Balaban J connectivity index is 1.89. The van der Waals surface area contributed by atoms with Gasteiger partial charge in [0.15, 0.2) is 11.5 Å². The number of carbonyl (C=O) groups is 1. The van der Waals surface area contributed by atoms with Crippen LogP contribution >= 0.6 is 0 Å². The predicted molar refractivity (Wildman–Crippen MR) is 89.4 cm³/mol. The molecular formula is C18H22N2O4. The third-order valence-electron chi connectivity index (χ3n) is 4.47. The lowest BCUT2D eigenvalue weighted by atomic mass is 10.0. The Hall–Kier alpha value is -2.50. The monoisotopic (exact) mass is 330 g/mol. The summed E-state index contributed by atoms with van der Waals surface area (Å²) in [6.07, 6.45) is 3.22. The number of nitrogens with zero attached hydrogens (tertiary/aromatic N) is 2. The molecule has 1 aliphatic heterocycles. The summed E-state index contributed by atoms with van der Waals surface area (Å²) in [6.45, 7) is 2.84. The van der Waals surface area contributed by atoms with Gasteiger partial charge in [0.1, 0.15) is 11.5 Å². The molecule has 0 N–H and O–H groups in total. The van der Waals surface area contributed by atoms with Crippen LogP contribution in [0.4, 0.5) is 0 Å². The standard InChI is InChI=1S/C18H22N2O4/c1-12-6-4-5-9-20(12)18(21)15-11-17(24-19-15)14-10-13(22-2)7-8-16(14)23-3/h7-8,10-12H,4-6,9H2,1-3H3/t12-/m1/s1. The molecule has 1 saturated heterocycles. The van der Waals surface area contributed by atoms with E-state index in [0.717, 1.165) is 25.8 Å². The van der Waals surface area contributed by atoms with Crippen LogP contribution in [-0.2, 0) is 0 Å². The molecule has 0 spiro atoms. The highest BCUT2D eigenvalue weighted by molar-refractivity contribution is 5.93. The number of hydrogen-bond acceptors (Lipinski definition) is 5. The van der Waals surface area contributed by atoms with Crippen molar-refractivity contribution in [3.05, 3.63) is 30.0 Å². The second-order valence-electron chi connectivity index (χ2n) is 5.99. The molecule has 3 rings (SSSR count). The lowest BCUT2D eigenvalue weighted by molar-refractivity contribution is 0.0625. The maximum Gasteiger partial charge on any atom is 0.276 e. The van der Waals surface area contributed by atoms with E-state index in [9.17, 15) is 4.79 Å². The van der Waals surface area contributed by atoms with E-state index in [1.807, 2.05) is 4.90 Å². The molecule has 2 aromatic rings. The van der Waals surface area contributed by atoms with Gasteiger partial charge in [-0.2, -0.15) is 0 Å². The molecule has 1 aromatic carbocycles. The number of carbonyl (C=O) groups excluding carboxylic acids is 1. The molecule has 24 heavy (non-hydrogen) atoms. The summed E-state index contributed by atoms with van der Waals surface area (Å²) in [6, 6.07) is 7.31. The van der Waals surface area contributed by atoms with Gasteiger partial charge in [-0.15, -0.1) is 0 Å². The van der Waals surface area contributed by atoms with Crippen LogP contribution in [0.5, 0.6) is 11.5 Å². The molecule has 0 saturated carbocycles. The van der Waals surface area contributed by atoms with Gasteiger partial charge in [0.25, 0.3) is 5.91 Å². The predicted octanol–water partition coefficient (Wildman–Crippen LogP) is 3.37. The molecule has 6 heteroatoms. The molecule has 1 amide bonds. The van der Waals surface area contributed by atoms with Gasteiger partial charge in [0.2, 0.25) is 0 Å². The fourth-order valence-corrected chi connectivity index (χ4v) is 3.06. The summed E-state index contributed by atoms with van der Waals surface area (Å²) in [7, 11) is 3.18. The molecule has 6 nitrogen and oxygen atoms in total. The van der Waals surface area contributed by atoms with Crippen LogP contribution in [0.1, 0.15) is 36.7 Å². The van der Waals surface area contributed by atoms with Crippen molar-refractivity contribution in [2.45, 2.75) is 32.2 Å². The smallest absolute Gasteiger partial charge is 0.276 e. The third-order valence-corrected chi connectivity index (χ3v) is 4.47. The quantitative estimate of drug-likeness (QED) is 0.860. The van der Waals surface area contributed by atoms with E-state index in [-0.39, 0.29) is 11.9 Å². The van der Waals surface area contributed by atoms with Crippen molar-refractivity contribution in [1.29, 1.82) is 0 Å². The largest absolute Gasteiger partial charge is 0.497 e. The van der Waals surface area contributed by atoms with Crippen molar-refractivity contribution in [3.8, 4) is 22.8 Å². The van der Waals surface area contributed by atoms with Gasteiger partial charge in [-0.3, -0.25) is 4.79 Å². The first-order valence-corrected chi connectivity index (χ1v) is 8.14. The maximum atomic E-state index is 12.7. The summed E-state index contributed by atoms with van der Waals surface area (Å²) in [4.78, 5) is 14.5. The first kappa shape index (κ1) is 16.4. The number of likely N-dealkylation sites (tertiary alicyclic amines) is 1. The summed E-state index contributed by atoms with van der Waals surface area (Å²) in [5.74, 6) is 1.72. The summed E-state index contributed by atoms with van der Waals surface area (Å²) >= 11 is 0. The van der Waals surface area contributed by atoms with Gasteiger partial charge in [-0.1, -0.05) is 5.16 Å². The zero-order valence-corrected chi connectivity index (χ0v) is 14.2. The van der Waals surface area contributed by atoms with E-state index in [2.05, 4.69) is 12.1 Å². The molecule has 1 atom stereocenters. The van der Waals surface area contributed by atoms with Gasteiger partial charge in [0, 0.05) is 18.7 Å². The normalized spacial score (nSPS) is 17.6.